The van der Waals surface area contributed by atoms with Crippen LogP contribution >= 0.6 is 0 Å². The number of aliphatic hydroxyl groups is 1. The van der Waals surface area contributed by atoms with E-state index in [1.165, 1.54) is 6.08 Å². The van der Waals surface area contributed by atoms with Crippen LogP contribution in [0.4, 0.5) is 0 Å². The van der Waals surface area contributed by atoms with Crippen LogP contribution in [0, 0.1) is 30.7 Å². The number of carbonyl (C=O) groups excluding carboxylic acids is 1. The Morgan fingerprint density at radius 1 is 0.923 bits per heavy atom. The van der Waals surface area contributed by atoms with Crippen LogP contribution in [0.25, 0.3) is 54.9 Å². The molecule has 277 valence electrons. The minimum atomic E-state index is -2.54. The molecule has 0 aliphatic heterocycles. The molecule has 2 aromatic heterocycles. The van der Waals surface area contributed by atoms with Gasteiger partial charge < -0.3 is 9.52 Å². The number of aryl methyl sites for hydroxylation is 1. The van der Waals surface area contributed by atoms with Gasteiger partial charge in [0.15, 0.2) is 5.78 Å². The predicted molar refractivity (Wildman–Crippen MR) is 214 cm³/mol. The minimum absolute atomic E-state index is 0. The van der Waals surface area contributed by atoms with Gasteiger partial charge in [0, 0.05) is 66.7 Å². The molecule has 0 unspecified atom stereocenters. The number of carbonyl (C=O) groups is 1. The van der Waals surface area contributed by atoms with Crippen LogP contribution in [0.5, 0.6) is 0 Å². The van der Waals surface area contributed by atoms with E-state index in [1.54, 1.807) is 6.07 Å². The Kier molecular flexibility index (Phi) is 11.3. The van der Waals surface area contributed by atoms with E-state index in [-0.39, 0.29) is 66.4 Å². The van der Waals surface area contributed by atoms with Crippen LogP contribution in [0.15, 0.2) is 76.9 Å². The number of fused-ring (bicyclic) bond motifs is 6. The summed E-state index contributed by atoms with van der Waals surface area (Å²) in [7, 11) is 0. The molecule has 0 fully saturated rings. The number of nitrogens with zero attached hydrogens (tertiary/aromatic N) is 2. The fourth-order valence-electron chi connectivity index (χ4n) is 6.84. The topological polar surface area (TPSA) is 76.2 Å². The molecule has 0 saturated heterocycles. The second-order valence-electron chi connectivity index (χ2n) is 14.7. The van der Waals surface area contributed by atoms with Gasteiger partial charge in [-0.1, -0.05) is 122 Å². The number of ketones is 1. The van der Waals surface area contributed by atoms with Crippen molar-refractivity contribution in [1.29, 1.82) is 0 Å². The van der Waals surface area contributed by atoms with Gasteiger partial charge in [-0.05, 0) is 61.2 Å². The Labute approximate surface area is 330 Å². The van der Waals surface area contributed by atoms with Crippen LogP contribution in [-0.4, -0.2) is 20.9 Å². The fraction of sp³-hybridized carbons (Fsp3) is 0.413. The fourth-order valence-corrected chi connectivity index (χ4v) is 6.84. The number of benzene rings is 4. The Morgan fingerprint density at radius 3 is 2.23 bits per heavy atom. The van der Waals surface area contributed by atoms with Crippen LogP contribution in [-0.2, 0) is 36.7 Å². The first kappa shape index (κ1) is 33.9. The number of aromatic nitrogens is 2. The average Bonchev–Trinajstić information content (AvgIpc) is 3.53. The standard InChI is InChI=1S/C33H31N2O.C13H24O2.Ir/c1-19(2)15-21-11-13-26-23(16-21)12-14-27-29-30(34-20(3)35-32(29)36-31(26)27)24-17-22-9-7-8-10-25(22)28(18-24)33(4,5)6;1-5-10(6-2)12(14)9-13(15)11(7-3)8-4;/h7-14,16,18-19H,15H2,1-6H3;9-11,14H,5-8H2,1-4H3;/q-1;;/b;12-9-;/i3D3,15D2;;. The molecule has 1 N–H and O–H groups in total. The molecule has 0 saturated carbocycles. The van der Waals surface area contributed by atoms with E-state index in [9.17, 15) is 9.90 Å². The molecule has 52 heavy (non-hydrogen) atoms. The summed E-state index contributed by atoms with van der Waals surface area (Å²) in [5.74, 6) is 0.0722. The molecule has 0 bridgehead atoms. The summed E-state index contributed by atoms with van der Waals surface area (Å²) < 4.78 is 47.6. The molecule has 4 aromatic carbocycles. The molecule has 6 heteroatoms. The molecular weight excluding hydrogens is 821 g/mol. The summed E-state index contributed by atoms with van der Waals surface area (Å²) in [6, 6.07) is 23.0. The number of rotatable bonds is 10. The SMILES string of the molecule is CCC(CC)C(=O)/C=C(\O)C(CC)CC.[2H]C([2H])([2H])c1nc(-c2[c-]c3ccccc3c(C(C)(C)C)c2)c2c(n1)oc1c3ccc(C([2H])([2H])C(C)C)cc3ccc12.[Ir]. The van der Waals surface area contributed by atoms with Gasteiger partial charge in [0.1, 0.15) is 11.4 Å². The van der Waals surface area contributed by atoms with Crippen molar-refractivity contribution in [2.75, 3.05) is 0 Å². The molecular formula is C46H55IrN2O3-. The van der Waals surface area contributed by atoms with Crippen LogP contribution in [0.1, 0.15) is 112 Å². The first-order valence-corrected chi connectivity index (χ1v) is 18.3. The third-order valence-electron chi connectivity index (χ3n) is 9.69. The van der Waals surface area contributed by atoms with Crippen LogP contribution < -0.4 is 0 Å². The maximum Gasteiger partial charge on any atom is 0.223 e. The van der Waals surface area contributed by atoms with Gasteiger partial charge in [-0.25, -0.2) is 0 Å². The van der Waals surface area contributed by atoms with Crippen molar-refractivity contribution in [1.82, 2.24) is 9.97 Å². The van der Waals surface area contributed by atoms with E-state index in [2.05, 4.69) is 42.9 Å². The third-order valence-corrected chi connectivity index (χ3v) is 9.69. The largest absolute Gasteiger partial charge is 0.512 e. The zero-order chi connectivity index (χ0) is 41.3. The summed E-state index contributed by atoms with van der Waals surface area (Å²) >= 11 is 0. The van der Waals surface area contributed by atoms with Gasteiger partial charge in [0.2, 0.25) is 5.71 Å². The molecule has 2 heterocycles. The second kappa shape index (κ2) is 17.3. The molecule has 0 spiro atoms. The normalized spacial score (nSPS) is 14.2. The summed E-state index contributed by atoms with van der Waals surface area (Å²) in [5, 5.41) is 14.8. The van der Waals surface area contributed by atoms with E-state index in [1.807, 2.05) is 90.1 Å². The molecule has 6 aromatic rings. The van der Waals surface area contributed by atoms with E-state index in [0.29, 0.717) is 27.8 Å². The number of allylic oxidation sites excluding steroid dienone is 2. The van der Waals surface area contributed by atoms with Gasteiger partial charge >= 0.3 is 0 Å². The zero-order valence-corrected chi connectivity index (χ0v) is 34.3. The Balaban J connectivity index is 0.000000385. The molecule has 1 radical (unpaired) electrons. The first-order valence-electron chi connectivity index (χ1n) is 20.8. The average molecular weight is 881 g/mol. The van der Waals surface area contributed by atoms with Gasteiger partial charge in [-0.15, -0.1) is 29.1 Å². The Morgan fingerprint density at radius 2 is 1.60 bits per heavy atom. The quantitative estimate of drug-likeness (QED) is 0.0843. The Bertz CT molecular complexity index is 2400. The zero-order valence-electron chi connectivity index (χ0n) is 36.9. The molecule has 0 atom stereocenters. The van der Waals surface area contributed by atoms with Crippen molar-refractivity contribution in [3.63, 3.8) is 0 Å². The number of aliphatic hydroxyl groups excluding tert-OH is 1. The molecule has 6 rings (SSSR count). The van der Waals surface area contributed by atoms with Crippen molar-refractivity contribution in [3.8, 4) is 11.3 Å². The van der Waals surface area contributed by atoms with Crippen molar-refractivity contribution < 1.29 is 41.3 Å². The maximum atomic E-state index is 11.7. The van der Waals surface area contributed by atoms with Crippen molar-refractivity contribution in [3.05, 3.63) is 95.5 Å². The number of hydrogen-bond acceptors (Lipinski definition) is 5. The van der Waals surface area contributed by atoms with E-state index < -0.39 is 13.2 Å². The molecule has 0 amide bonds. The molecule has 0 aliphatic carbocycles. The second-order valence-corrected chi connectivity index (χ2v) is 14.7. The van der Waals surface area contributed by atoms with Gasteiger partial charge in [0.05, 0.1) is 5.76 Å². The summed E-state index contributed by atoms with van der Waals surface area (Å²) in [5.41, 5.74) is 3.41. The van der Waals surface area contributed by atoms with Gasteiger partial charge in [0.25, 0.3) is 0 Å². The third kappa shape index (κ3) is 8.84. The van der Waals surface area contributed by atoms with Gasteiger partial charge in [-0.2, -0.15) is 4.98 Å². The monoisotopic (exact) mass is 881 g/mol. The Hall–Kier alpha value is -3.86. The van der Waals surface area contributed by atoms with E-state index in [4.69, 9.17) is 11.3 Å². The predicted octanol–water partition coefficient (Wildman–Crippen LogP) is 12.8. The number of hydrogen-bond donors (Lipinski definition) is 1. The number of furan rings is 1. The summed E-state index contributed by atoms with van der Waals surface area (Å²) in [4.78, 5) is 20.7. The maximum absolute atomic E-state index is 11.7. The van der Waals surface area contributed by atoms with E-state index in [0.717, 1.165) is 58.2 Å². The minimum Gasteiger partial charge on any atom is -0.512 e. The van der Waals surface area contributed by atoms with Crippen molar-refractivity contribution in [2.24, 2.45) is 17.8 Å². The van der Waals surface area contributed by atoms with Crippen LogP contribution in [0.2, 0.25) is 0 Å². The molecule has 0 aliphatic rings. The van der Waals surface area contributed by atoms with Crippen molar-refractivity contribution >= 4 is 49.4 Å². The van der Waals surface area contributed by atoms with Crippen LogP contribution in [0.3, 0.4) is 0 Å². The first-order chi connectivity index (χ1) is 26.3. The van der Waals surface area contributed by atoms with Gasteiger partial charge in [-0.3, -0.25) is 9.78 Å². The van der Waals surface area contributed by atoms with Crippen molar-refractivity contribution in [2.45, 2.75) is 107 Å². The van der Waals surface area contributed by atoms with E-state index >= 15 is 0 Å². The smallest absolute Gasteiger partial charge is 0.223 e. The molecule has 5 nitrogen and oxygen atoms in total. The summed E-state index contributed by atoms with van der Waals surface area (Å²) in [6.45, 7) is 15.7. The summed E-state index contributed by atoms with van der Waals surface area (Å²) in [6.07, 6.45) is 3.42.